The Morgan fingerprint density at radius 1 is 1.50 bits per heavy atom. The van der Waals surface area contributed by atoms with Crippen LogP contribution in [0.1, 0.15) is 26.7 Å². The largest absolute Gasteiger partial charge is 0.460 e. The highest BCUT2D eigenvalue weighted by atomic mass is 16.6. The zero-order valence-electron chi connectivity index (χ0n) is 8.82. The fourth-order valence-electron chi connectivity index (χ4n) is 1.26. The molecule has 1 rings (SSSR count). The van der Waals surface area contributed by atoms with E-state index in [9.17, 15) is 4.79 Å². The topological polar surface area (TPSA) is 44.8 Å². The van der Waals surface area contributed by atoms with Crippen molar-refractivity contribution in [3.63, 3.8) is 0 Å². The summed E-state index contributed by atoms with van der Waals surface area (Å²) in [5.41, 5.74) is 0. The van der Waals surface area contributed by atoms with E-state index in [0.29, 0.717) is 26.2 Å². The van der Waals surface area contributed by atoms with Gasteiger partial charge in [0.05, 0.1) is 25.9 Å². The van der Waals surface area contributed by atoms with Crippen molar-refractivity contribution in [1.82, 2.24) is 0 Å². The van der Waals surface area contributed by atoms with Gasteiger partial charge >= 0.3 is 5.97 Å². The summed E-state index contributed by atoms with van der Waals surface area (Å²) in [5.74, 6) is -0.114. The van der Waals surface area contributed by atoms with E-state index < -0.39 is 0 Å². The van der Waals surface area contributed by atoms with Gasteiger partial charge in [0, 0.05) is 6.42 Å². The van der Waals surface area contributed by atoms with Crippen molar-refractivity contribution in [3.8, 4) is 0 Å². The molecule has 14 heavy (non-hydrogen) atoms. The quantitative estimate of drug-likeness (QED) is 0.478. The molecule has 0 aliphatic carbocycles. The molecule has 0 N–H and O–H groups in total. The molecule has 4 heteroatoms. The summed E-state index contributed by atoms with van der Waals surface area (Å²) in [6.45, 7) is 5.62. The molecule has 1 aliphatic heterocycles. The summed E-state index contributed by atoms with van der Waals surface area (Å²) < 4.78 is 15.6. The minimum atomic E-state index is -0.114. The van der Waals surface area contributed by atoms with Gasteiger partial charge in [0.1, 0.15) is 6.10 Å². The van der Waals surface area contributed by atoms with Gasteiger partial charge in [-0.15, -0.1) is 0 Å². The van der Waals surface area contributed by atoms with E-state index in [2.05, 4.69) is 0 Å². The third-order valence-corrected chi connectivity index (χ3v) is 1.95. The number of esters is 1. The summed E-state index contributed by atoms with van der Waals surface area (Å²) in [4.78, 5) is 10.7. The Kier molecular flexibility index (Phi) is 4.90. The first-order valence-corrected chi connectivity index (χ1v) is 5.07. The third kappa shape index (κ3) is 4.58. The number of carbonyl (C=O) groups excluding carboxylic acids is 1. The van der Waals surface area contributed by atoms with Crippen LogP contribution in [0.2, 0.25) is 0 Å². The fourth-order valence-corrected chi connectivity index (χ4v) is 1.26. The van der Waals surface area contributed by atoms with Gasteiger partial charge in [-0.3, -0.25) is 4.79 Å². The molecule has 0 saturated carbocycles. The maximum absolute atomic E-state index is 10.7. The van der Waals surface area contributed by atoms with E-state index >= 15 is 0 Å². The molecule has 0 aromatic heterocycles. The summed E-state index contributed by atoms with van der Waals surface area (Å²) in [6.07, 6.45) is 1.50. The summed E-state index contributed by atoms with van der Waals surface area (Å²) in [6, 6.07) is 0. The first-order valence-electron chi connectivity index (χ1n) is 5.07. The highest BCUT2D eigenvalue weighted by Crippen LogP contribution is 2.13. The molecular formula is C10H18O4. The van der Waals surface area contributed by atoms with Crippen molar-refractivity contribution >= 4 is 5.97 Å². The van der Waals surface area contributed by atoms with E-state index in [-0.39, 0.29) is 18.2 Å². The predicted octanol–water partition coefficient (Wildman–Crippen LogP) is 1.13. The first kappa shape index (κ1) is 11.5. The molecule has 0 spiro atoms. The Balaban J connectivity index is 1.91. The summed E-state index contributed by atoms with van der Waals surface area (Å²) in [5, 5.41) is 0. The van der Waals surface area contributed by atoms with Crippen LogP contribution in [0.15, 0.2) is 0 Å². The van der Waals surface area contributed by atoms with Crippen molar-refractivity contribution < 1.29 is 19.0 Å². The zero-order chi connectivity index (χ0) is 10.4. The Hall–Kier alpha value is -0.610. The van der Waals surface area contributed by atoms with Gasteiger partial charge in [0.15, 0.2) is 0 Å². The molecule has 1 unspecified atom stereocenters. The molecule has 0 amide bonds. The minimum Gasteiger partial charge on any atom is -0.460 e. The van der Waals surface area contributed by atoms with Crippen molar-refractivity contribution in [1.29, 1.82) is 0 Å². The second-order valence-electron chi connectivity index (χ2n) is 3.65. The van der Waals surface area contributed by atoms with E-state index in [1.54, 1.807) is 0 Å². The molecule has 0 bridgehead atoms. The molecular weight excluding hydrogens is 184 g/mol. The van der Waals surface area contributed by atoms with Crippen molar-refractivity contribution in [3.05, 3.63) is 0 Å². The highest BCUT2D eigenvalue weighted by Gasteiger charge is 2.22. The number of cyclic esters (lactones) is 1. The number of ether oxygens (including phenoxy) is 3. The Morgan fingerprint density at radius 3 is 2.86 bits per heavy atom. The van der Waals surface area contributed by atoms with Gasteiger partial charge in [-0.25, -0.2) is 0 Å². The van der Waals surface area contributed by atoms with Crippen LogP contribution in [-0.4, -0.2) is 38.0 Å². The molecule has 4 nitrogen and oxygen atoms in total. The van der Waals surface area contributed by atoms with Gasteiger partial charge in [0.2, 0.25) is 0 Å². The average Bonchev–Trinajstić information content (AvgIpc) is 2.50. The number of hydrogen-bond acceptors (Lipinski definition) is 4. The average molecular weight is 202 g/mol. The zero-order valence-corrected chi connectivity index (χ0v) is 8.82. The molecule has 1 saturated heterocycles. The molecule has 1 atom stereocenters. The normalized spacial score (nSPS) is 21.6. The third-order valence-electron chi connectivity index (χ3n) is 1.95. The molecule has 0 aromatic rings. The lowest BCUT2D eigenvalue weighted by Gasteiger charge is -2.11. The maximum Gasteiger partial charge on any atom is 0.306 e. The Labute approximate surface area is 84.5 Å². The molecule has 1 fully saturated rings. The Morgan fingerprint density at radius 2 is 2.29 bits per heavy atom. The van der Waals surface area contributed by atoms with E-state index in [4.69, 9.17) is 14.2 Å². The van der Waals surface area contributed by atoms with Crippen LogP contribution < -0.4 is 0 Å². The number of rotatable bonds is 6. The second-order valence-corrected chi connectivity index (χ2v) is 3.65. The molecule has 82 valence electrons. The summed E-state index contributed by atoms with van der Waals surface area (Å²) >= 11 is 0. The van der Waals surface area contributed by atoms with Crippen LogP contribution in [0.3, 0.4) is 0 Å². The van der Waals surface area contributed by atoms with Crippen molar-refractivity contribution in [2.24, 2.45) is 0 Å². The van der Waals surface area contributed by atoms with Crippen LogP contribution in [-0.2, 0) is 19.0 Å². The lowest BCUT2D eigenvalue weighted by atomic mass is 10.2. The minimum absolute atomic E-state index is 0.0402. The maximum atomic E-state index is 10.7. The molecule has 1 heterocycles. The van der Waals surface area contributed by atoms with Gasteiger partial charge in [-0.2, -0.15) is 0 Å². The second kappa shape index (κ2) is 5.98. The summed E-state index contributed by atoms with van der Waals surface area (Å²) in [7, 11) is 0. The smallest absolute Gasteiger partial charge is 0.306 e. The fraction of sp³-hybridized carbons (Fsp3) is 0.900. The van der Waals surface area contributed by atoms with Crippen LogP contribution >= 0.6 is 0 Å². The predicted molar refractivity (Wildman–Crippen MR) is 51.0 cm³/mol. The Bertz CT molecular complexity index is 179. The van der Waals surface area contributed by atoms with Gasteiger partial charge in [-0.1, -0.05) is 0 Å². The number of carbonyl (C=O) groups is 1. The lowest BCUT2D eigenvalue weighted by Crippen LogP contribution is -2.18. The first-order chi connectivity index (χ1) is 6.68. The molecule has 0 aromatic carbocycles. The van der Waals surface area contributed by atoms with E-state index in [1.165, 1.54) is 0 Å². The van der Waals surface area contributed by atoms with Gasteiger partial charge in [0.25, 0.3) is 0 Å². The van der Waals surface area contributed by atoms with Crippen LogP contribution in [0.5, 0.6) is 0 Å². The SMILES string of the molecule is CC(C)OCCOCC1CCC(=O)O1. The van der Waals surface area contributed by atoms with E-state index in [1.807, 2.05) is 13.8 Å². The van der Waals surface area contributed by atoms with Crippen LogP contribution in [0, 0.1) is 0 Å². The van der Waals surface area contributed by atoms with Gasteiger partial charge in [-0.05, 0) is 20.3 Å². The highest BCUT2D eigenvalue weighted by molar-refractivity contribution is 5.71. The van der Waals surface area contributed by atoms with Crippen molar-refractivity contribution in [2.45, 2.75) is 38.9 Å². The molecule has 0 radical (unpaired) electrons. The lowest BCUT2D eigenvalue weighted by molar-refractivity contribution is -0.143. The van der Waals surface area contributed by atoms with Gasteiger partial charge < -0.3 is 14.2 Å². The monoisotopic (exact) mass is 202 g/mol. The van der Waals surface area contributed by atoms with Crippen LogP contribution in [0.25, 0.3) is 0 Å². The van der Waals surface area contributed by atoms with Crippen LogP contribution in [0.4, 0.5) is 0 Å². The van der Waals surface area contributed by atoms with E-state index in [0.717, 1.165) is 6.42 Å². The molecule has 1 aliphatic rings. The standard InChI is InChI=1S/C10H18O4/c1-8(2)13-6-5-12-7-9-3-4-10(11)14-9/h8-9H,3-7H2,1-2H3. The van der Waals surface area contributed by atoms with Crippen molar-refractivity contribution in [2.75, 3.05) is 19.8 Å². The number of hydrogen-bond donors (Lipinski definition) is 0.